The van der Waals surface area contributed by atoms with Gasteiger partial charge in [0, 0.05) is 6.54 Å². The summed E-state index contributed by atoms with van der Waals surface area (Å²) < 4.78 is 43.4. The van der Waals surface area contributed by atoms with Crippen LogP contribution in [0.15, 0.2) is 48.5 Å². The van der Waals surface area contributed by atoms with Crippen molar-refractivity contribution in [2.24, 2.45) is 0 Å². The van der Waals surface area contributed by atoms with E-state index in [1.165, 1.54) is 42.5 Å². The van der Waals surface area contributed by atoms with Gasteiger partial charge in [-0.15, -0.1) is 0 Å². The minimum absolute atomic E-state index is 0.0959. The number of amides is 1. The molecule has 0 aromatic heterocycles. The monoisotopic (exact) mass is 362 g/mol. The van der Waals surface area contributed by atoms with Gasteiger partial charge in [-0.2, -0.15) is 18.4 Å². The highest BCUT2D eigenvalue weighted by atomic mass is 19.4. The standard InChI is InChI=1S/C18H13F3N2O3/c19-18(20,21)15-7-2-1-5-14(15)10-23-16(24)11-26-17(25)13-6-3-4-12(8-13)9-22/h1-8H,10-11H2,(H,23,24). The molecule has 0 aliphatic heterocycles. The van der Waals surface area contributed by atoms with E-state index in [0.717, 1.165) is 6.07 Å². The average Bonchev–Trinajstić information content (AvgIpc) is 2.64. The molecule has 1 amide bonds. The average molecular weight is 362 g/mol. The predicted molar refractivity (Wildman–Crippen MR) is 84.7 cm³/mol. The number of halogens is 3. The van der Waals surface area contributed by atoms with Crippen LogP contribution in [0.1, 0.15) is 27.0 Å². The molecule has 0 spiro atoms. The van der Waals surface area contributed by atoms with Crippen LogP contribution in [0.25, 0.3) is 0 Å². The Bertz CT molecular complexity index is 857. The van der Waals surface area contributed by atoms with E-state index in [1.807, 2.05) is 6.07 Å². The maximum atomic E-state index is 12.9. The first-order chi connectivity index (χ1) is 12.3. The topological polar surface area (TPSA) is 79.2 Å². The molecule has 8 heteroatoms. The first kappa shape index (κ1) is 19.0. The zero-order valence-corrected chi connectivity index (χ0v) is 13.3. The maximum Gasteiger partial charge on any atom is 0.416 e. The van der Waals surface area contributed by atoms with E-state index in [4.69, 9.17) is 10.00 Å². The SMILES string of the molecule is N#Cc1cccc(C(=O)OCC(=O)NCc2ccccc2C(F)(F)F)c1. The van der Waals surface area contributed by atoms with Crippen molar-refractivity contribution in [3.63, 3.8) is 0 Å². The van der Waals surface area contributed by atoms with Crippen molar-refractivity contribution in [2.75, 3.05) is 6.61 Å². The molecule has 0 saturated carbocycles. The van der Waals surface area contributed by atoms with Crippen LogP contribution in [0.2, 0.25) is 0 Å². The number of carbonyl (C=O) groups is 2. The van der Waals surface area contributed by atoms with E-state index in [9.17, 15) is 22.8 Å². The molecule has 0 heterocycles. The van der Waals surface area contributed by atoms with Gasteiger partial charge in [0.1, 0.15) is 0 Å². The van der Waals surface area contributed by atoms with Crippen molar-refractivity contribution in [1.82, 2.24) is 5.32 Å². The van der Waals surface area contributed by atoms with Crippen LogP contribution in [0.5, 0.6) is 0 Å². The molecule has 5 nitrogen and oxygen atoms in total. The lowest BCUT2D eigenvalue weighted by Crippen LogP contribution is -2.29. The van der Waals surface area contributed by atoms with Crippen molar-refractivity contribution < 1.29 is 27.5 Å². The van der Waals surface area contributed by atoms with Crippen LogP contribution in [0.4, 0.5) is 13.2 Å². The Morgan fingerprint density at radius 2 is 1.85 bits per heavy atom. The molecule has 0 radical (unpaired) electrons. The quantitative estimate of drug-likeness (QED) is 0.829. The van der Waals surface area contributed by atoms with E-state index in [1.54, 1.807) is 0 Å². The molecule has 0 atom stereocenters. The fourth-order valence-electron chi connectivity index (χ4n) is 2.13. The molecule has 0 aliphatic carbocycles. The zero-order valence-electron chi connectivity index (χ0n) is 13.3. The number of hydrogen-bond donors (Lipinski definition) is 1. The molecule has 0 saturated heterocycles. The third-order valence-corrected chi connectivity index (χ3v) is 3.36. The molecule has 2 rings (SSSR count). The minimum Gasteiger partial charge on any atom is -0.452 e. The van der Waals surface area contributed by atoms with Gasteiger partial charge in [-0.3, -0.25) is 4.79 Å². The summed E-state index contributed by atoms with van der Waals surface area (Å²) in [7, 11) is 0. The molecule has 26 heavy (non-hydrogen) atoms. The van der Waals surface area contributed by atoms with Gasteiger partial charge in [0.05, 0.1) is 22.8 Å². The van der Waals surface area contributed by atoms with Gasteiger partial charge < -0.3 is 10.1 Å². The van der Waals surface area contributed by atoms with E-state index in [0.29, 0.717) is 0 Å². The Kier molecular flexibility index (Phi) is 5.96. The van der Waals surface area contributed by atoms with Crippen LogP contribution < -0.4 is 5.32 Å². The normalized spacial score (nSPS) is 10.7. The molecular weight excluding hydrogens is 349 g/mol. The van der Waals surface area contributed by atoms with Crippen molar-refractivity contribution >= 4 is 11.9 Å². The summed E-state index contributed by atoms with van der Waals surface area (Å²) in [6, 6.07) is 12.4. The third-order valence-electron chi connectivity index (χ3n) is 3.36. The van der Waals surface area contributed by atoms with Crippen molar-refractivity contribution in [3.05, 3.63) is 70.8 Å². The first-order valence-corrected chi connectivity index (χ1v) is 7.40. The Morgan fingerprint density at radius 1 is 1.12 bits per heavy atom. The Labute approximate surface area is 147 Å². The van der Waals surface area contributed by atoms with Gasteiger partial charge >= 0.3 is 12.1 Å². The van der Waals surface area contributed by atoms with E-state index < -0.39 is 30.2 Å². The van der Waals surface area contributed by atoms with E-state index >= 15 is 0 Å². The number of nitrogens with one attached hydrogen (secondary N) is 1. The summed E-state index contributed by atoms with van der Waals surface area (Å²) in [4.78, 5) is 23.5. The Morgan fingerprint density at radius 3 is 2.54 bits per heavy atom. The number of alkyl halides is 3. The second-order valence-electron chi connectivity index (χ2n) is 5.20. The molecule has 1 N–H and O–H groups in total. The van der Waals surface area contributed by atoms with Crippen molar-refractivity contribution in [3.8, 4) is 6.07 Å². The number of nitriles is 1. The second-order valence-corrected chi connectivity index (χ2v) is 5.20. The van der Waals surface area contributed by atoms with Crippen LogP contribution in [0, 0.1) is 11.3 Å². The maximum absolute atomic E-state index is 12.9. The van der Waals surface area contributed by atoms with Gasteiger partial charge in [-0.1, -0.05) is 24.3 Å². The van der Waals surface area contributed by atoms with Crippen LogP contribution in [-0.4, -0.2) is 18.5 Å². The molecule has 0 unspecified atom stereocenters. The van der Waals surface area contributed by atoms with E-state index in [-0.39, 0.29) is 23.2 Å². The summed E-state index contributed by atoms with van der Waals surface area (Å²) in [6.45, 7) is -1.00. The molecule has 0 aliphatic rings. The molecule has 0 fully saturated rings. The predicted octanol–water partition coefficient (Wildman–Crippen LogP) is 3.05. The van der Waals surface area contributed by atoms with Gasteiger partial charge in [-0.25, -0.2) is 4.79 Å². The second kappa shape index (κ2) is 8.16. The lowest BCUT2D eigenvalue weighted by molar-refractivity contribution is -0.138. The third kappa shape index (κ3) is 5.08. The van der Waals surface area contributed by atoms with Gasteiger partial charge in [0.15, 0.2) is 6.61 Å². The van der Waals surface area contributed by atoms with E-state index in [2.05, 4.69) is 5.32 Å². The smallest absolute Gasteiger partial charge is 0.416 e. The highest BCUT2D eigenvalue weighted by Gasteiger charge is 2.32. The fourth-order valence-corrected chi connectivity index (χ4v) is 2.13. The summed E-state index contributed by atoms with van der Waals surface area (Å²) >= 11 is 0. The summed E-state index contributed by atoms with van der Waals surface area (Å²) in [6.07, 6.45) is -4.53. The number of esters is 1. The largest absolute Gasteiger partial charge is 0.452 e. The summed E-state index contributed by atoms with van der Waals surface area (Å²) in [5.74, 6) is -1.56. The van der Waals surface area contributed by atoms with Crippen LogP contribution in [0.3, 0.4) is 0 Å². The van der Waals surface area contributed by atoms with Crippen molar-refractivity contribution in [2.45, 2.75) is 12.7 Å². The lowest BCUT2D eigenvalue weighted by atomic mass is 10.1. The van der Waals surface area contributed by atoms with Crippen molar-refractivity contribution in [1.29, 1.82) is 5.26 Å². The van der Waals surface area contributed by atoms with Gasteiger partial charge in [0.2, 0.25) is 0 Å². The lowest BCUT2D eigenvalue weighted by Gasteiger charge is -2.13. The van der Waals surface area contributed by atoms with Gasteiger partial charge in [0.25, 0.3) is 5.91 Å². The van der Waals surface area contributed by atoms with Gasteiger partial charge in [-0.05, 0) is 29.8 Å². The number of ether oxygens (including phenoxy) is 1. The minimum atomic E-state index is -4.53. The highest BCUT2D eigenvalue weighted by molar-refractivity contribution is 5.91. The van der Waals surface area contributed by atoms with Crippen LogP contribution in [-0.2, 0) is 22.3 Å². The number of carbonyl (C=O) groups excluding carboxylic acids is 2. The number of hydrogen-bond acceptors (Lipinski definition) is 4. The Balaban J connectivity index is 1.90. The summed E-state index contributed by atoms with van der Waals surface area (Å²) in [5.41, 5.74) is -0.584. The number of nitrogens with zero attached hydrogens (tertiary/aromatic N) is 1. The fraction of sp³-hybridized carbons (Fsp3) is 0.167. The molecular formula is C18H13F3N2O3. The highest BCUT2D eigenvalue weighted by Crippen LogP contribution is 2.31. The molecule has 2 aromatic rings. The molecule has 134 valence electrons. The first-order valence-electron chi connectivity index (χ1n) is 7.40. The zero-order chi connectivity index (χ0) is 19.2. The molecule has 0 bridgehead atoms. The summed E-state index contributed by atoms with van der Waals surface area (Å²) in [5, 5.41) is 11.0. The Hall–Kier alpha value is -3.34. The molecule has 2 aromatic carbocycles. The van der Waals surface area contributed by atoms with Crippen LogP contribution >= 0.6 is 0 Å². The number of benzene rings is 2. The number of rotatable bonds is 5.